The molecule has 0 radical (unpaired) electrons. The molecule has 0 unspecified atom stereocenters. The quantitative estimate of drug-likeness (QED) is 0.707. The molecule has 84 valence electrons. The maximum Gasteiger partial charge on any atom is 0.0969 e. The maximum atomic E-state index is 5.39. The van der Waals surface area contributed by atoms with E-state index in [1.54, 1.807) is 11.0 Å². The van der Waals surface area contributed by atoms with Crippen molar-refractivity contribution in [2.45, 2.75) is 6.54 Å². The number of hydrogen-bond donors (Lipinski definition) is 2. The van der Waals surface area contributed by atoms with Gasteiger partial charge in [-0.15, -0.1) is 0 Å². The number of nitrogens with zero attached hydrogens (tertiary/aromatic N) is 3. The summed E-state index contributed by atoms with van der Waals surface area (Å²) in [6, 6.07) is 9.83. The van der Waals surface area contributed by atoms with Crippen LogP contribution in [0.1, 0.15) is 5.69 Å². The minimum Gasteiger partial charge on any atom is -0.329 e. The molecule has 0 spiro atoms. The summed E-state index contributed by atoms with van der Waals surface area (Å²) in [5, 5.41) is 11.7. The van der Waals surface area contributed by atoms with Crippen LogP contribution in [0.25, 0.3) is 5.69 Å². The fraction of sp³-hybridized carbons (Fsp3) is 0.273. The summed E-state index contributed by atoms with van der Waals surface area (Å²) in [5.74, 6) is 0. The molecule has 3 N–H and O–H groups in total. The fourth-order valence-electron chi connectivity index (χ4n) is 1.38. The predicted molar refractivity (Wildman–Crippen MR) is 62.1 cm³/mol. The highest BCUT2D eigenvalue weighted by molar-refractivity contribution is 5.28. The molecule has 0 aliphatic rings. The van der Waals surface area contributed by atoms with E-state index in [0.717, 1.165) is 17.9 Å². The third kappa shape index (κ3) is 2.65. The molecule has 5 nitrogen and oxygen atoms in total. The van der Waals surface area contributed by atoms with Crippen LogP contribution in [0.4, 0.5) is 0 Å². The third-order valence-electron chi connectivity index (χ3n) is 2.15. The second-order valence-electron chi connectivity index (χ2n) is 3.43. The zero-order valence-electron chi connectivity index (χ0n) is 9.00. The van der Waals surface area contributed by atoms with Crippen LogP contribution in [0.15, 0.2) is 36.5 Å². The average molecular weight is 217 g/mol. The summed E-state index contributed by atoms with van der Waals surface area (Å²) in [6.07, 6.45) is 1.76. The number of nitrogens with two attached hydrogens (primary N) is 1. The summed E-state index contributed by atoms with van der Waals surface area (Å²) in [7, 11) is 0. The molecule has 5 heteroatoms. The van der Waals surface area contributed by atoms with E-state index >= 15 is 0 Å². The van der Waals surface area contributed by atoms with Crippen LogP contribution in [0.5, 0.6) is 0 Å². The highest BCUT2D eigenvalue weighted by atomic mass is 15.5. The third-order valence-corrected chi connectivity index (χ3v) is 2.15. The van der Waals surface area contributed by atoms with Crippen molar-refractivity contribution in [2.24, 2.45) is 5.73 Å². The first-order valence-corrected chi connectivity index (χ1v) is 5.27. The summed E-state index contributed by atoms with van der Waals surface area (Å²) < 4.78 is 0. The zero-order valence-corrected chi connectivity index (χ0v) is 9.00. The summed E-state index contributed by atoms with van der Waals surface area (Å²) in [4.78, 5) is 1.62. The Morgan fingerprint density at radius 1 is 1.25 bits per heavy atom. The van der Waals surface area contributed by atoms with Crippen LogP contribution in [-0.4, -0.2) is 28.1 Å². The topological polar surface area (TPSA) is 68.8 Å². The fourth-order valence-corrected chi connectivity index (χ4v) is 1.38. The van der Waals surface area contributed by atoms with Gasteiger partial charge < -0.3 is 11.1 Å². The molecule has 0 aliphatic heterocycles. The molecule has 0 saturated heterocycles. The van der Waals surface area contributed by atoms with Crippen molar-refractivity contribution in [3.63, 3.8) is 0 Å². The van der Waals surface area contributed by atoms with E-state index in [9.17, 15) is 0 Å². The molecule has 0 fully saturated rings. The Kier molecular flexibility index (Phi) is 3.63. The molecule has 1 heterocycles. The number of nitrogens with one attached hydrogen (secondary N) is 1. The van der Waals surface area contributed by atoms with Gasteiger partial charge in [-0.25, -0.2) is 0 Å². The van der Waals surface area contributed by atoms with Crippen LogP contribution in [0, 0.1) is 0 Å². The smallest absolute Gasteiger partial charge is 0.0969 e. The van der Waals surface area contributed by atoms with E-state index in [-0.39, 0.29) is 0 Å². The van der Waals surface area contributed by atoms with Crippen molar-refractivity contribution in [3.05, 3.63) is 42.2 Å². The lowest BCUT2D eigenvalue weighted by molar-refractivity contribution is 0.665. The minimum absolute atomic E-state index is 0.632. The molecule has 2 rings (SSSR count). The van der Waals surface area contributed by atoms with E-state index in [4.69, 9.17) is 5.73 Å². The molecular weight excluding hydrogens is 202 g/mol. The number of rotatable bonds is 5. The molecule has 0 bridgehead atoms. The molecule has 0 aliphatic carbocycles. The predicted octanol–water partition coefficient (Wildman–Crippen LogP) is 0.316. The average Bonchev–Trinajstić information content (AvgIpc) is 2.79. The molecule has 0 atom stereocenters. The number of para-hydroxylation sites is 1. The second-order valence-corrected chi connectivity index (χ2v) is 3.43. The summed E-state index contributed by atoms with van der Waals surface area (Å²) >= 11 is 0. The Morgan fingerprint density at radius 2 is 2.06 bits per heavy atom. The van der Waals surface area contributed by atoms with E-state index in [1.807, 2.05) is 30.3 Å². The molecule has 0 saturated carbocycles. The van der Waals surface area contributed by atoms with Crippen LogP contribution in [-0.2, 0) is 6.54 Å². The Labute approximate surface area is 94.3 Å². The summed E-state index contributed by atoms with van der Waals surface area (Å²) in [5.41, 5.74) is 7.26. The van der Waals surface area contributed by atoms with Crippen LogP contribution < -0.4 is 11.1 Å². The molecule has 16 heavy (non-hydrogen) atoms. The van der Waals surface area contributed by atoms with Crippen molar-refractivity contribution in [1.29, 1.82) is 0 Å². The van der Waals surface area contributed by atoms with Gasteiger partial charge in [0, 0.05) is 19.6 Å². The van der Waals surface area contributed by atoms with Crippen LogP contribution in [0.3, 0.4) is 0 Å². The number of hydrogen-bond acceptors (Lipinski definition) is 4. The number of benzene rings is 1. The zero-order chi connectivity index (χ0) is 11.2. The van der Waals surface area contributed by atoms with Crippen molar-refractivity contribution in [2.75, 3.05) is 13.1 Å². The lowest BCUT2D eigenvalue weighted by Crippen LogP contribution is -2.22. The van der Waals surface area contributed by atoms with E-state index < -0.39 is 0 Å². The highest BCUT2D eigenvalue weighted by Crippen LogP contribution is 2.03. The van der Waals surface area contributed by atoms with Crippen LogP contribution in [0.2, 0.25) is 0 Å². The molecule has 2 aromatic rings. The normalized spacial score (nSPS) is 10.6. The molecule has 0 amide bonds. The second kappa shape index (κ2) is 5.39. The van der Waals surface area contributed by atoms with E-state index in [0.29, 0.717) is 13.1 Å². The van der Waals surface area contributed by atoms with Crippen molar-refractivity contribution >= 4 is 0 Å². The lowest BCUT2D eigenvalue weighted by atomic mass is 10.3. The van der Waals surface area contributed by atoms with Gasteiger partial charge in [-0.2, -0.15) is 15.0 Å². The lowest BCUT2D eigenvalue weighted by Gasteiger charge is -1.99. The molecule has 1 aromatic carbocycles. The van der Waals surface area contributed by atoms with Crippen molar-refractivity contribution in [3.8, 4) is 5.69 Å². The van der Waals surface area contributed by atoms with Gasteiger partial charge in [0.05, 0.1) is 17.6 Å². The monoisotopic (exact) mass is 217 g/mol. The van der Waals surface area contributed by atoms with Gasteiger partial charge >= 0.3 is 0 Å². The van der Waals surface area contributed by atoms with Gasteiger partial charge in [-0.3, -0.25) is 0 Å². The Balaban J connectivity index is 2.02. The van der Waals surface area contributed by atoms with E-state index in [2.05, 4.69) is 15.5 Å². The Bertz CT molecular complexity index is 423. The van der Waals surface area contributed by atoms with Gasteiger partial charge in [0.2, 0.25) is 0 Å². The van der Waals surface area contributed by atoms with Gasteiger partial charge in [-0.05, 0) is 12.1 Å². The van der Waals surface area contributed by atoms with Gasteiger partial charge in [0.25, 0.3) is 0 Å². The standard InChI is InChI=1S/C11H15N5/c12-6-7-13-8-10-9-14-16(15-10)11-4-2-1-3-5-11/h1-5,9,13H,6-8,12H2. The van der Waals surface area contributed by atoms with Crippen molar-refractivity contribution < 1.29 is 0 Å². The molecule has 1 aromatic heterocycles. The van der Waals surface area contributed by atoms with Gasteiger partial charge in [0.1, 0.15) is 0 Å². The SMILES string of the molecule is NCCNCc1cnn(-c2ccccc2)n1. The first kappa shape index (κ1) is 10.8. The van der Waals surface area contributed by atoms with Crippen LogP contribution >= 0.6 is 0 Å². The van der Waals surface area contributed by atoms with E-state index in [1.165, 1.54) is 0 Å². The summed E-state index contributed by atoms with van der Waals surface area (Å²) in [6.45, 7) is 2.12. The van der Waals surface area contributed by atoms with Gasteiger partial charge in [-0.1, -0.05) is 18.2 Å². The van der Waals surface area contributed by atoms with Gasteiger partial charge in [0.15, 0.2) is 0 Å². The first-order chi connectivity index (χ1) is 7.90. The molecular formula is C11H15N5. The minimum atomic E-state index is 0.632. The maximum absolute atomic E-state index is 5.39. The number of aromatic nitrogens is 3. The highest BCUT2D eigenvalue weighted by Gasteiger charge is 2.01. The Hall–Kier alpha value is -1.72. The van der Waals surface area contributed by atoms with Crippen molar-refractivity contribution in [1.82, 2.24) is 20.3 Å². The first-order valence-electron chi connectivity index (χ1n) is 5.27. The Morgan fingerprint density at radius 3 is 2.81 bits per heavy atom. The largest absolute Gasteiger partial charge is 0.329 e.